The number of nitrogens with one attached hydrogen (secondary N) is 2. The number of aliphatic carboxylic acids is 1. The molecular weight excluding hydrogens is 260 g/mol. The van der Waals surface area contributed by atoms with Crippen LogP contribution in [0.25, 0.3) is 0 Å². The summed E-state index contributed by atoms with van der Waals surface area (Å²) in [7, 11) is -3.82. The highest BCUT2D eigenvalue weighted by atomic mass is 32.2. The fraction of sp³-hybridized carbons (Fsp3) is 0.200. The zero-order valence-corrected chi connectivity index (χ0v) is 10.1. The SMILES string of the molecule is O=C(O)CCC(=O)NNS(=O)(=O)c1ccccc1. The lowest BCUT2D eigenvalue weighted by Gasteiger charge is -2.07. The number of sulfonamides is 1. The summed E-state index contributed by atoms with van der Waals surface area (Å²) < 4.78 is 23.3. The van der Waals surface area contributed by atoms with E-state index in [4.69, 9.17) is 5.11 Å². The molecule has 0 saturated carbocycles. The second-order valence-electron chi connectivity index (χ2n) is 3.36. The van der Waals surface area contributed by atoms with Gasteiger partial charge in [-0.25, -0.2) is 8.42 Å². The number of hydrogen-bond acceptors (Lipinski definition) is 4. The highest BCUT2D eigenvalue weighted by molar-refractivity contribution is 7.89. The maximum absolute atomic E-state index is 11.6. The molecule has 1 rings (SSSR count). The zero-order valence-electron chi connectivity index (χ0n) is 9.29. The molecular formula is C10H12N2O5S. The molecule has 98 valence electrons. The number of amides is 1. The first-order chi connectivity index (χ1) is 8.42. The Hall–Kier alpha value is -1.93. The number of carbonyl (C=O) groups excluding carboxylic acids is 1. The van der Waals surface area contributed by atoms with Crippen molar-refractivity contribution < 1.29 is 23.1 Å². The van der Waals surface area contributed by atoms with Crippen molar-refractivity contribution >= 4 is 21.9 Å². The molecule has 0 aliphatic heterocycles. The molecule has 8 heteroatoms. The van der Waals surface area contributed by atoms with E-state index in [1.165, 1.54) is 12.1 Å². The van der Waals surface area contributed by atoms with E-state index in [-0.39, 0.29) is 17.7 Å². The van der Waals surface area contributed by atoms with Crippen molar-refractivity contribution in [2.24, 2.45) is 0 Å². The van der Waals surface area contributed by atoms with Gasteiger partial charge in [0.1, 0.15) is 0 Å². The summed E-state index contributed by atoms with van der Waals surface area (Å²) in [5.41, 5.74) is 1.94. The van der Waals surface area contributed by atoms with E-state index >= 15 is 0 Å². The first-order valence-corrected chi connectivity index (χ1v) is 6.47. The number of benzene rings is 1. The van der Waals surface area contributed by atoms with Crippen LogP contribution in [0.3, 0.4) is 0 Å². The van der Waals surface area contributed by atoms with E-state index in [1.807, 2.05) is 10.3 Å². The lowest BCUT2D eigenvalue weighted by molar-refractivity contribution is -0.138. The summed E-state index contributed by atoms with van der Waals surface area (Å²) in [6.45, 7) is 0. The van der Waals surface area contributed by atoms with Crippen molar-refractivity contribution in [1.82, 2.24) is 10.3 Å². The Bertz CT molecular complexity index is 526. The van der Waals surface area contributed by atoms with Crippen LogP contribution in [0.4, 0.5) is 0 Å². The average Bonchev–Trinajstić information content (AvgIpc) is 2.35. The predicted octanol–water partition coefficient (Wildman–Crippen LogP) is -0.139. The Morgan fingerprint density at radius 3 is 2.28 bits per heavy atom. The molecule has 1 aromatic rings. The first kappa shape index (κ1) is 14.1. The van der Waals surface area contributed by atoms with Gasteiger partial charge in [-0.1, -0.05) is 18.2 Å². The van der Waals surface area contributed by atoms with Crippen LogP contribution in [-0.4, -0.2) is 25.4 Å². The summed E-state index contributed by atoms with van der Waals surface area (Å²) in [6, 6.07) is 7.48. The van der Waals surface area contributed by atoms with E-state index in [0.717, 1.165) is 0 Å². The van der Waals surface area contributed by atoms with E-state index < -0.39 is 21.9 Å². The van der Waals surface area contributed by atoms with Gasteiger partial charge in [-0.2, -0.15) is 0 Å². The maximum Gasteiger partial charge on any atom is 0.303 e. The lowest BCUT2D eigenvalue weighted by atomic mass is 10.3. The number of hydrazine groups is 1. The molecule has 1 amide bonds. The van der Waals surface area contributed by atoms with Crippen LogP contribution in [0.2, 0.25) is 0 Å². The summed E-state index contributed by atoms with van der Waals surface area (Å²) in [6.07, 6.45) is -0.661. The van der Waals surface area contributed by atoms with Crippen molar-refractivity contribution in [3.63, 3.8) is 0 Å². The molecule has 0 spiro atoms. The van der Waals surface area contributed by atoms with Crippen molar-refractivity contribution in [2.45, 2.75) is 17.7 Å². The summed E-state index contributed by atoms with van der Waals surface area (Å²) in [4.78, 5) is 23.2. The maximum atomic E-state index is 11.6. The van der Waals surface area contributed by atoms with Crippen LogP contribution in [0.15, 0.2) is 35.2 Å². The van der Waals surface area contributed by atoms with Crippen LogP contribution >= 0.6 is 0 Å². The van der Waals surface area contributed by atoms with Crippen molar-refractivity contribution in [2.75, 3.05) is 0 Å². The monoisotopic (exact) mass is 272 g/mol. The van der Waals surface area contributed by atoms with Gasteiger partial charge in [-0.05, 0) is 12.1 Å². The highest BCUT2D eigenvalue weighted by Crippen LogP contribution is 2.05. The van der Waals surface area contributed by atoms with Gasteiger partial charge in [-0.3, -0.25) is 15.0 Å². The molecule has 0 fully saturated rings. The van der Waals surface area contributed by atoms with E-state index in [0.29, 0.717) is 0 Å². The van der Waals surface area contributed by atoms with Crippen LogP contribution in [0, 0.1) is 0 Å². The van der Waals surface area contributed by atoms with Crippen LogP contribution < -0.4 is 10.3 Å². The van der Waals surface area contributed by atoms with Gasteiger partial charge in [0.05, 0.1) is 11.3 Å². The number of carbonyl (C=O) groups is 2. The highest BCUT2D eigenvalue weighted by Gasteiger charge is 2.14. The minimum absolute atomic E-state index is 0.00327. The third-order valence-electron chi connectivity index (χ3n) is 1.94. The van der Waals surface area contributed by atoms with Crippen LogP contribution in [-0.2, 0) is 19.6 Å². The zero-order chi connectivity index (χ0) is 13.6. The summed E-state index contributed by atoms with van der Waals surface area (Å²) in [5.74, 6) is -1.84. The average molecular weight is 272 g/mol. The third kappa shape index (κ3) is 4.52. The lowest BCUT2D eigenvalue weighted by Crippen LogP contribution is -2.41. The molecule has 0 bridgehead atoms. The largest absolute Gasteiger partial charge is 0.481 e. The molecule has 0 saturated heterocycles. The minimum atomic E-state index is -3.82. The number of hydrogen-bond donors (Lipinski definition) is 3. The first-order valence-electron chi connectivity index (χ1n) is 4.99. The Morgan fingerprint density at radius 1 is 1.11 bits per heavy atom. The molecule has 0 unspecified atom stereocenters. The molecule has 0 aliphatic rings. The number of rotatable bonds is 6. The topological polar surface area (TPSA) is 113 Å². The Balaban J connectivity index is 2.53. The van der Waals surface area contributed by atoms with Gasteiger partial charge in [0.2, 0.25) is 5.91 Å². The summed E-state index contributed by atoms with van der Waals surface area (Å²) >= 11 is 0. The molecule has 0 radical (unpaired) electrons. The smallest absolute Gasteiger partial charge is 0.303 e. The number of carboxylic acid groups (broad SMARTS) is 1. The molecule has 0 atom stereocenters. The summed E-state index contributed by atoms with van der Waals surface area (Å²) in [5, 5.41) is 8.35. The van der Waals surface area contributed by atoms with Crippen molar-refractivity contribution in [3.8, 4) is 0 Å². The number of carboxylic acids is 1. The van der Waals surface area contributed by atoms with Gasteiger partial charge < -0.3 is 5.11 Å². The molecule has 0 aromatic heterocycles. The predicted molar refractivity (Wildman–Crippen MR) is 61.8 cm³/mol. The molecule has 7 nitrogen and oxygen atoms in total. The van der Waals surface area contributed by atoms with Gasteiger partial charge in [0.25, 0.3) is 10.0 Å². The molecule has 3 N–H and O–H groups in total. The second-order valence-corrected chi connectivity index (χ2v) is 5.04. The molecule has 1 aromatic carbocycles. The quantitative estimate of drug-likeness (QED) is 0.624. The Labute approximate surface area is 104 Å². The Morgan fingerprint density at radius 2 is 1.72 bits per heavy atom. The van der Waals surface area contributed by atoms with Gasteiger partial charge >= 0.3 is 5.97 Å². The van der Waals surface area contributed by atoms with Crippen molar-refractivity contribution in [1.29, 1.82) is 0 Å². The van der Waals surface area contributed by atoms with Crippen LogP contribution in [0.1, 0.15) is 12.8 Å². The third-order valence-corrected chi connectivity index (χ3v) is 3.21. The second kappa shape index (κ2) is 6.12. The van der Waals surface area contributed by atoms with Crippen LogP contribution in [0.5, 0.6) is 0 Å². The fourth-order valence-electron chi connectivity index (χ4n) is 1.07. The van der Waals surface area contributed by atoms with Gasteiger partial charge in [0.15, 0.2) is 0 Å². The normalized spacial score (nSPS) is 10.9. The van der Waals surface area contributed by atoms with E-state index in [9.17, 15) is 18.0 Å². The van der Waals surface area contributed by atoms with E-state index in [1.54, 1.807) is 18.2 Å². The van der Waals surface area contributed by atoms with Gasteiger partial charge in [0, 0.05) is 6.42 Å². The van der Waals surface area contributed by atoms with Crippen molar-refractivity contribution in [3.05, 3.63) is 30.3 Å². The minimum Gasteiger partial charge on any atom is -0.481 e. The molecule has 0 heterocycles. The standard InChI is InChI=1S/C10H12N2O5S/c13-9(6-7-10(14)15)11-12-18(16,17)8-4-2-1-3-5-8/h1-5,12H,6-7H2,(H,11,13)(H,14,15). The van der Waals surface area contributed by atoms with E-state index in [2.05, 4.69) is 0 Å². The fourth-order valence-corrected chi connectivity index (χ4v) is 1.95. The molecule has 18 heavy (non-hydrogen) atoms. The molecule has 0 aliphatic carbocycles. The van der Waals surface area contributed by atoms with Gasteiger partial charge in [-0.15, -0.1) is 4.83 Å². The Kier molecular flexibility index (Phi) is 4.81.